The van der Waals surface area contributed by atoms with Crippen LogP contribution in [0.4, 0.5) is 16.3 Å². The fraction of sp³-hybridized carbons (Fsp3) is 0.600. The van der Waals surface area contributed by atoms with E-state index >= 15 is 0 Å². The lowest BCUT2D eigenvalue weighted by Crippen LogP contribution is -2.29. The zero-order chi connectivity index (χ0) is 23.0. The highest BCUT2D eigenvalue weighted by Crippen LogP contribution is 2.20. The van der Waals surface area contributed by atoms with E-state index in [4.69, 9.17) is 10.5 Å². The van der Waals surface area contributed by atoms with Crippen LogP contribution in [-0.2, 0) is 0 Å². The number of carbonyl (C=O) groups is 1. The van der Waals surface area contributed by atoms with E-state index < -0.39 is 0 Å². The van der Waals surface area contributed by atoms with Gasteiger partial charge in [-0.1, -0.05) is 71.6 Å². The van der Waals surface area contributed by atoms with E-state index in [1.54, 1.807) is 10.7 Å². The van der Waals surface area contributed by atoms with Gasteiger partial charge in [0.05, 0.1) is 12.3 Å². The molecule has 0 radical (unpaired) electrons. The van der Waals surface area contributed by atoms with Crippen molar-refractivity contribution >= 4 is 17.5 Å². The van der Waals surface area contributed by atoms with Gasteiger partial charge in [-0.25, -0.2) is 9.48 Å². The van der Waals surface area contributed by atoms with Gasteiger partial charge in [-0.3, -0.25) is 0 Å². The molecule has 1 heterocycles. The Bertz CT molecular complexity index is 773. The van der Waals surface area contributed by atoms with E-state index in [0.29, 0.717) is 24.8 Å². The van der Waals surface area contributed by atoms with E-state index in [0.717, 1.165) is 24.2 Å². The molecule has 1 aromatic heterocycles. The first kappa shape index (κ1) is 25.6. The molecule has 0 spiro atoms. The van der Waals surface area contributed by atoms with Crippen molar-refractivity contribution in [2.24, 2.45) is 0 Å². The summed E-state index contributed by atoms with van der Waals surface area (Å²) in [6, 6.07) is 8.94. The molecule has 2 amide bonds. The van der Waals surface area contributed by atoms with Gasteiger partial charge in [0.1, 0.15) is 5.82 Å². The van der Waals surface area contributed by atoms with E-state index in [9.17, 15) is 4.79 Å². The molecule has 4 N–H and O–H groups in total. The minimum Gasteiger partial charge on any atom is -0.477 e. The second-order valence-electron chi connectivity index (χ2n) is 8.28. The number of rotatable bonds is 16. The summed E-state index contributed by atoms with van der Waals surface area (Å²) >= 11 is 0. The third kappa shape index (κ3) is 9.62. The van der Waals surface area contributed by atoms with Crippen LogP contribution in [0.5, 0.6) is 5.88 Å². The second-order valence-corrected chi connectivity index (χ2v) is 8.28. The molecule has 0 saturated carbocycles. The van der Waals surface area contributed by atoms with Crippen molar-refractivity contribution in [3.63, 3.8) is 0 Å². The quantitative estimate of drug-likeness (QED) is 0.266. The summed E-state index contributed by atoms with van der Waals surface area (Å²) in [5, 5.41) is 10.2. The minimum absolute atomic E-state index is 0.178. The van der Waals surface area contributed by atoms with Crippen molar-refractivity contribution in [1.82, 2.24) is 15.1 Å². The zero-order valence-electron chi connectivity index (χ0n) is 19.9. The van der Waals surface area contributed by atoms with Crippen LogP contribution in [0.25, 0.3) is 5.69 Å². The van der Waals surface area contributed by atoms with Crippen LogP contribution in [0.2, 0.25) is 0 Å². The summed E-state index contributed by atoms with van der Waals surface area (Å²) < 4.78 is 7.15. The third-order valence-corrected chi connectivity index (χ3v) is 5.35. The lowest BCUT2D eigenvalue weighted by atomic mass is 10.1. The number of aromatic nitrogens is 2. The number of hydrogen-bond acceptors (Lipinski definition) is 4. The number of anilines is 2. The van der Waals surface area contributed by atoms with Crippen molar-refractivity contribution in [1.29, 1.82) is 0 Å². The Hall–Kier alpha value is -2.70. The smallest absolute Gasteiger partial charge is 0.319 e. The highest BCUT2D eigenvalue weighted by atomic mass is 16.5. The molecule has 0 atom stereocenters. The normalized spacial score (nSPS) is 10.8. The van der Waals surface area contributed by atoms with Crippen LogP contribution >= 0.6 is 0 Å². The monoisotopic (exact) mass is 443 g/mol. The summed E-state index contributed by atoms with van der Waals surface area (Å²) in [6.07, 6.45) is 13.8. The Morgan fingerprint density at radius 3 is 2.19 bits per heavy atom. The van der Waals surface area contributed by atoms with E-state index in [2.05, 4.69) is 22.7 Å². The molecule has 178 valence electrons. The minimum atomic E-state index is -0.178. The average molecular weight is 444 g/mol. The summed E-state index contributed by atoms with van der Waals surface area (Å²) in [6.45, 7) is 5.60. The molecular weight excluding hydrogens is 402 g/mol. The molecule has 0 aliphatic rings. The zero-order valence-corrected chi connectivity index (χ0v) is 19.9. The Morgan fingerprint density at radius 2 is 1.56 bits per heavy atom. The van der Waals surface area contributed by atoms with E-state index in [1.165, 1.54) is 57.8 Å². The maximum absolute atomic E-state index is 12.1. The van der Waals surface area contributed by atoms with Crippen molar-refractivity contribution in [2.75, 3.05) is 24.2 Å². The first-order valence-corrected chi connectivity index (χ1v) is 12.3. The number of carbonyl (C=O) groups excluding carboxylic acids is 1. The van der Waals surface area contributed by atoms with Gasteiger partial charge in [-0.15, -0.1) is 5.10 Å². The van der Waals surface area contributed by atoms with Crippen molar-refractivity contribution < 1.29 is 9.53 Å². The molecule has 32 heavy (non-hydrogen) atoms. The number of nitrogens with zero attached hydrogens (tertiary/aromatic N) is 2. The number of benzene rings is 1. The standard InChI is InChI=1S/C25H41N5O2/c1-3-5-6-7-8-9-10-11-12-13-18-27-25(31)28-21-14-16-22(17-15-21)30-23(26)20-24(29-30)32-19-4-2/h14-17,20H,3-13,18-19,26H2,1-2H3,(H2,27,28,31). The largest absolute Gasteiger partial charge is 0.477 e. The van der Waals surface area contributed by atoms with Gasteiger partial charge in [0, 0.05) is 18.3 Å². The lowest BCUT2D eigenvalue weighted by molar-refractivity contribution is 0.252. The van der Waals surface area contributed by atoms with Crippen LogP contribution in [0.3, 0.4) is 0 Å². The highest BCUT2D eigenvalue weighted by Gasteiger charge is 2.08. The molecule has 7 heteroatoms. The summed E-state index contributed by atoms with van der Waals surface area (Å²) in [5.74, 6) is 1.02. The molecule has 0 fully saturated rings. The molecule has 2 rings (SSSR count). The van der Waals surface area contributed by atoms with Crippen LogP contribution in [-0.4, -0.2) is 29.0 Å². The van der Waals surface area contributed by atoms with Crippen molar-refractivity contribution in [3.8, 4) is 11.6 Å². The van der Waals surface area contributed by atoms with Gasteiger partial charge in [0.15, 0.2) is 0 Å². The molecule has 0 saturated heterocycles. The fourth-order valence-corrected chi connectivity index (χ4v) is 3.53. The van der Waals surface area contributed by atoms with Gasteiger partial charge in [0.2, 0.25) is 5.88 Å². The summed E-state index contributed by atoms with van der Waals surface area (Å²) in [7, 11) is 0. The van der Waals surface area contributed by atoms with Crippen LogP contribution in [0.15, 0.2) is 30.3 Å². The molecule has 0 aliphatic heterocycles. The number of nitrogens with one attached hydrogen (secondary N) is 2. The Kier molecular flexibility index (Phi) is 12.1. The maximum atomic E-state index is 12.1. The topological polar surface area (TPSA) is 94.2 Å². The van der Waals surface area contributed by atoms with Crippen molar-refractivity contribution in [2.45, 2.75) is 84.5 Å². The predicted molar refractivity (Wildman–Crippen MR) is 133 cm³/mol. The van der Waals surface area contributed by atoms with Gasteiger partial charge >= 0.3 is 6.03 Å². The molecule has 0 unspecified atom stereocenters. The van der Waals surface area contributed by atoms with Crippen molar-refractivity contribution in [3.05, 3.63) is 30.3 Å². The number of nitrogen functional groups attached to an aromatic ring is 1. The van der Waals surface area contributed by atoms with Gasteiger partial charge in [-0.2, -0.15) is 0 Å². The molecule has 1 aromatic carbocycles. The Morgan fingerprint density at radius 1 is 0.938 bits per heavy atom. The first-order chi connectivity index (χ1) is 15.6. The van der Waals surface area contributed by atoms with Crippen LogP contribution < -0.4 is 21.1 Å². The van der Waals surface area contributed by atoms with Crippen LogP contribution in [0, 0.1) is 0 Å². The predicted octanol–water partition coefficient (Wildman–Crippen LogP) is 6.29. The maximum Gasteiger partial charge on any atom is 0.319 e. The number of hydrogen-bond donors (Lipinski definition) is 3. The fourth-order valence-electron chi connectivity index (χ4n) is 3.53. The highest BCUT2D eigenvalue weighted by molar-refractivity contribution is 5.89. The SMILES string of the molecule is CCCCCCCCCCCCNC(=O)Nc1ccc(-n2nc(OCCC)cc2N)cc1. The second kappa shape index (κ2) is 15.2. The van der Waals surface area contributed by atoms with E-state index in [-0.39, 0.29) is 6.03 Å². The number of nitrogens with two attached hydrogens (primary N) is 1. The average Bonchev–Trinajstić information content (AvgIpc) is 3.17. The van der Waals surface area contributed by atoms with Crippen LogP contribution in [0.1, 0.15) is 84.5 Å². The lowest BCUT2D eigenvalue weighted by Gasteiger charge is -2.09. The molecule has 2 aromatic rings. The molecular formula is C25H41N5O2. The Labute approximate surface area is 193 Å². The Balaban J connectivity index is 1.61. The number of urea groups is 1. The van der Waals surface area contributed by atoms with Gasteiger partial charge in [-0.05, 0) is 37.1 Å². The molecule has 7 nitrogen and oxygen atoms in total. The summed E-state index contributed by atoms with van der Waals surface area (Å²) in [4.78, 5) is 12.1. The number of amides is 2. The third-order valence-electron chi connectivity index (χ3n) is 5.35. The van der Waals surface area contributed by atoms with Gasteiger partial charge < -0.3 is 21.1 Å². The number of ether oxygens (including phenoxy) is 1. The van der Waals surface area contributed by atoms with E-state index in [1.807, 2.05) is 31.2 Å². The van der Waals surface area contributed by atoms with Gasteiger partial charge in [0.25, 0.3) is 0 Å². The molecule has 0 aliphatic carbocycles. The first-order valence-electron chi connectivity index (χ1n) is 12.3. The number of unbranched alkanes of at least 4 members (excludes halogenated alkanes) is 9. The summed E-state index contributed by atoms with van der Waals surface area (Å²) in [5.41, 5.74) is 7.57. The molecule has 0 bridgehead atoms.